The maximum atomic E-state index is 11.2. The first-order valence-corrected chi connectivity index (χ1v) is 2.29. The lowest BCUT2D eigenvalue weighted by Crippen LogP contribution is -2.18. The molecule has 1 nitrogen and oxygen atoms in total. The van der Waals surface area contributed by atoms with E-state index in [1.165, 1.54) is 0 Å². The van der Waals surface area contributed by atoms with Gasteiger partial charge in [-0.3, -0.25) is 0 Å². The topological polar surface area (TPSA) is 9.23 Å². The van der Waals surface area contributed by atoms with Crippen molar-refractivity contribution in [3.8, 4) is 0 Å². The van der Waals surface area contributed by atoms with Crippen LogP contribution in [0.1, 0.15) is 20.8 Å². The van der Waals surface area contributed by atoms with Gasteiger partial charge >= 0.3 is 6.61 Å². The highest BCUT2D eigenvalue weighted by Crippen LogP contribution is 2.16. The van der Waals surface area contributed by atoms with E-state index >= 15 is 0 Å². The molecule has 0 saturated heterocycles. The van der Waals surface area contributed by atoms with Crippen LogP contribution in [0.3, 0.4) is 0 Å². The number of halogens is 2. The molecule has 0 aliphatic rings. The highest BCUT2D eigenvalue weighted by molar-refractivity contribution is 4.61. The highest BCUT2D eigenvalue weighted by Gasteiger charge is 2.18. The van der Waals surface area contributed by atoms with Crippen LogP contribution >= 0.6 is 0 Å². The number of ether oxygens (including phenoxy) is 1. The maximum absolute atomic E-state index is 11.2. The van der Waals surface area contributed by atoms with Crippen LogP contribution in [-0.2, 0) is 4.74 Å². The molecule has 0 aromatic rings. The average Bonchev–Trinajstić information content (AvgIpc) is 1.21. The first-order valence-electron chi connectivity index (χ1n) is 2.29. The Hall–Kier alpha value is -0.180. The van der Waals surface area contributed by atoms with Crippen LogP contribution in [0.4, 0.5) is 8.78 Å². The van der Waals surface area contributed by atoms with Crippen molar-refractivity contribution in [2.75, 3.05) is 0 Å². The Labute approximate surface area is 47.6 Å². The van der Waals surface area contributed by atoms with E-state index < -0.39 is 12.2 Å². The molecule has 0 aliphatic heterocycles. The third-order valence-corrected chi connectivity index (χ3v) is 0.383. The Bertz CT molecular complexity index is 65.3. The number of hydrogen-bond acceptors (Lipinski definition) is 1. The zero-order valence-corrected chi connectivity index (χ0v) is 5.16. The molecule has 49 valence electrons. The normalized spacial score (nSPS) is 12.8. The molecule has 0 unspecified atom stereocenters. The fourth-order valence-electron chi connectivity index (χ4n) is 0.231. The minimum atomic E-state index is -1.97. The lowest BCUT2D eigenvalue weighted by atomic mass is 10.2. The molecule has 0 saturated carbocycles. The van der Waals surface area contributed by atoms with Crippen LogP contribution in [0.15, 0.2) is 0 Å². The molecule has 0 aromatic heterocycles. The number of rotatable bonds is 1. The SMILES string of the molecule is CC(C)(C)O[C](F)F. The summed E-state index contributed by atoms with van der Waals surface area (Å²) >= 11 is 0. The quantitative estimate of drug-likeness (QED) is 0.519. The monoisotopic (exact) mass is 123 g/mol. The van der Waals surface area contributed by atoms with Gasteiger partial charge < -0.3 is 4.74 Å². The zero-order valence-electron chi connectivity index (χ0n) is 5.16. The van der Waals surface area contributed by atoms with E-state index in [9.17, 15) is 8.78 Å². The summed E-state index contributed by atoms with van der Waals surface area (Å²) in [4.78, 5) is 0. The second kappa shape index (κ2) is 2.40. The van der Waals surface area contributed by atoms with E-state index in [1.54, 1.807) is 20.8 Å². The summed E-state index contributed by atoms with van der Waals surface area (Å²) in [7, 11) is 0. The maximum Gasteiger partial charge on any atom is 0.448 e. The summed E-state index contributed by atoms with van der Waals surface area (Å²) in [6.45, 7) is 2.71. The van der Waals surface area contributed by atoms with Crippen molar-refractivity contribution in [2.24, 2.45) is 0 Å². The summed E-state index contributed by atoms with van der Waals surface area (Å²) in [6, 6.07) is 0. The second-order valence-electron chi connectivity index (χ2n) is 2.44. The molecular weight excluding hydrogens is 114 g/mol. The van der Waals surface area contributed by atoms with Crippen molar-refractivity contribution in [3.05, 3.63) is 6.61 Å². The van der Waals surface area contributed by atoms with Gasteiger partial charge in [0.15, 0.2) is 0 Å². The lowest BCUT2D eigenvalue weighted by Gasteiger charge is -2.16. The Morgan fingerprint density at radius 2 is 1.62 bits per heavy atom. The average molecular weight is 123 g/mol. The van der Waals surface area contributed by atoms with Crippen molar-refractivity contribution in [1.29, 1.82) is 0 Å². The van der Waals surface area contributed by atoms with E-state index in [4.69, 9.17) is 0 Å². The Morgan fingerprint density at radius 1 is 1.25 bits per heavy atom. The van der Waals surface area contributed by atoms with E-state index in [0.717, 1.165) is 0 Å². The minimum Gasteiger partial charge on any atom is -0.308 e. The van der Waals surface area contributed by atoms with E-state index in [1.807, 2.05) is 0 Å². The molecule has 0 heterocycles. The first-order chi connectivity index (χ1) is 3.42. The van der Waals surface area contributed by atoms with E-state index in [2.05, 4.69) is 4.74 Å². The molecule has 0 atom stereocenters. The first kappa shape index (κ1) is 7.82. The second-order valence-corrected chi connectivity index (χ2v) is 2.44. The zero-order chi connectivity index (χ0) is 6.78. The third kappa shape index (κ3) is 5.82. The Morgan fingerprint density at radius 3 is 1.62 bits per heavy atom. The molecule has 3 heteroatoms. The Balaban J connectivity index is 3.39. The summed E-state index contributed by atoms with van der Waals surface area (Å²) in [5.41, 5.74) is -0.765. The molecule has 8 heavy (non-hydrogen) atoms. The molecule has 0 aliphatic carbocycles. The molecule has 0 amide bonds. The molecule has 0 bridgehead atoms. The summed E-state index contributed by atoms with van der Waals surface area (Å²) in [5, 5.41) is 0. The van der Waals surface area contributed by atoms with Crippen LogP contribution in [0.5, 0.6) is 0 Å². The van der Waals surface area contributed by atoms with Crippen LogP contribution in [0, 0.1) is 6.61 Å². The fraction of sp³-hybridized carbons (Fsp3) is 0.800. The predicted octanol–water partition coefficient (Wildman–Crippen LogP) is 2.19. The largest absolute Gasteiger partial charge is 0.448 e. The van der Waals surface area contributed by atoms with Crippen LogP contribution in [0.25, 0.3) is 0 Å². The fourth-order valence-corrected chi connectivity index (χ4v) is 0.231. The van der Waals surface area contributed by atoms with Gasteiger partial charge in [0.25, 0.3) is 0 Å². The molecule has 1 radical (unpaired) electrons. The van der Waals surface area contributed by atoms with Crippen molar-refractivity contribution < 1.29 is 13.5 Å². The summed E-state index contributed by atoms with van der Waals surface area (Å²) in [5.74, 6) is 0. The van der Waals surface area contributed by atoms with Gasteiger partial charge in [0.1, 0.15) is 0 Å². The molecule has 0 fully saturated rings. The molecule has 0 spiro atoms. The van der Waals surface area contributed by atoms with Crippen molar-refractivity contribution in [2.45, 2.75) is 26.4 Å². The minimum absolute atomic E-state index is 0.765. The van der Waals surface area contributed by atoms with Gasteiger partial charge in [-0.1, -0.05) is 0 Å². The molecule has 0 rings (SSSR count). The van der Waals surface area contributed by atoms with Crippen molar-refractivity contribution >= 4 is 0 Å². The molecular formula is C5H9F2O. The standard InChI is InChI=1S/C5H9F2O/c1-5(2,3)8-4(6)7/h1-3H3. The summed E-state index contributed by atoms with van der Waals surface area (Å²) in [6.07, 6.45) is 0. The molecule has 0 aromatic carbocycles. The van der Waals surface area contributed by atoms with Crippen LogP contribution < -0.4 is 0 Å². The van der Waals surface area contributed by atoms with Crippen LogP contribution in [-0.4, -0.2) is 5.60 Å². The van der Waals surface area contributed by atoms with Crippen molar-refractivity contribution in [3.63, 3.8) is 0 Å². The van der Waals surface area contributed by atoms with Gasteiger partial charge in [0.05, 0.1) is 5.60 Å². The van der Waals surface area contributed by atoms with Crippen LogP contribution in [0.2, 0.25) is 0 Å². The van der Waals surface area contributed by atoms with E-state index in [-0.39, 0.29) is 0 Å². The highest BCUT2D eigenvalue weighted by atomic mass is 19.3. The third-order valence-electron chi connectivity index (χ3n) is 0.383. The summed E-state index contributed by atoms with van der Waals surface area (Å²) < 4.78 is 26.5. The predicted molar refractivity (Wildman–Crippen MR) is 26.3 cm³/mol. The van der Waals surface area contributed by atoms with Gasteiger partial charge in [0.2, 0.25) is 0 Å². The van der Waals surface area contributed by atoms with Gasteiger partial charge in [-0.25, -0.2) is 0 Å². The Kier molecular flexibility index (Phi) is 2.34. The van der Waals surface area contributed by atoms with Gasteiger partial charge in [0, 0.05) is 0 Å². The molecule has 0 N–H and O–H groups in total. The van der Waals surface area contributed by atoms with Gasteiger partial charge in [-0.15, -0.1) is 0 Å². The van der Waals surface area contributed by atoms with E-state index in [0.29, 0.717) is 0 Å². The van der Waals surface area contributed by atoms with Crippen molar-refractivity contribution in [1.82, 2.24) is 0 Å². The lowest BCUT2D eigenvalue weighted by molar-refractivity contribution is -0.0997. The smallest absolute Gasteiger partial charge is 0.308 e. The van der Waals surface area contributed by atoms with Gasteiger partial charge in [-0.05, 0) is 20.8 Å². The van der Waals surface area contributed by atoms with Gasteiger partial charge in [-0.2, -0.15) is 8.78 Å². The number of hydrogen-bond donors (Lipinski definition) is 0.